The zero-order valence-electron chi connectivity index (χ0n) is 13.9. The predicted molar refractivity (Wildman–Crippen MR) is 87.0 cm³/mol. The van der Waals surface area contributed by atoms with Gasteiger partial charge in [-0.15, -0.1) is 0 Å². The topological polar surface area (TPSA) is 30.5 Å². The first-order valence-corrected chi connectivity index (χ1v) is 8.10. The van der Waals surface area contributed by atoms with Gasteiger partial charge in [-0.2, -0.15) is 0 Å². The monoisotopic (exact) mass is 291 g/mol. The first-order chi connectivity index (χ1) is 10.1. The second-order valence-electron chi connectivity index (χ2n) is 6.39. The lowest BCUT2D eigenvalue weighted by Gasteiger charge is -2.28. The summed E-state index contributed by atoms with van der Waals surface area (Å²) >= 11 is 0. The van der Waals surface area contributed by atoms with Crippen LogP contribution in [0.5, 0.6) is 5.75 Å². The van der Waals surface area contributed by atoms with E-state index in [9.17, 15) is 0 Å². The molecule has 1 atom stereocenters. The second kappa shape index (κ2) is 7.28. The molecular formula is C18H29NO2. The van der Waals surface area contributed by atoms with Gasteiger partial charge in [0.05, 0.1) is 12.2 Å². The Morgan fingerprint density at radius 3 is 2.86 bits per heavy atom. The summed E-state index contributed by atoms with van der Waals surface area (Å²) in [5.41, 5.74) is 2.69. The average molecular weight is 291 g/mol. The van der Waals surface area contributed by atoms with Gasteiger partial charge in [0, 0.05) is 19.6 Å². The largest absolute Gasteiger partial charge is 0.493 e. The highest BCUT2D eigenvalue weighted by molar-refractivity contribution is 5.43. The minimum Gasteiger partial charge on any atom is -0.493 e. The van der Waals surface area contributed by atoms with Crippen LogP contribution in [0.2, 0.25) is 0 Å². The third-order valence-corrected chi connectivity index (χ3v) is 4.43. The van der Waals surface area contributed by atoms with Crippen molar-refractivity contribution in [1.29, 1.82) is 0 Å². The molecule has 0 aromatic heterocycles. The molecule has 0 spiro atoms. The molecule has 3 heteroatoms. The standard InChI is InChI=1S/C18H29NO2/c1-5-19-16-10-6-9-15-14(16)8-7-11-17(15)21-13-12-18(2,3)20-4/h7-8,11,16,19H,5-6,9-10,12-13H2,1-4H3. The lowest BCUT2D eigenvalue weighted by atomic mass is 9.87. The molecular weight excluding hydrogens is 262 g/mol. The Kier molecular flexibility index (Phi) is 5.65. The summed E-state index contributed by atoms with van der Waals surface area (Å²) in [5.74, 6) is 1.06. The van der Waals surface area contributed by atoms with Gasteiger partial charge in [0.2, 0.25) is 0 Å². The van der Waals surface area contributed by atoms with Gasteiger partial charge in [-0.05, 0) is 56.8 Å². The predicted octanol–water partition coefficient (Wildman–Crippen LogP) is 3.87. The van der Waals surface area contributed by atoms with E-state index >= 15 is 0 Å². The Hall–Kier alpha value is -1.06. The van der Waals surface area contributed by atoms with Gasteiger partial charge in [-0.1, -0.05) is 19.1 Å². The molecule has 0 bridgehead atoms. The molecule has 0 saturated carbocycles. The fourth-order valence-electron chi connectivity index (χ4n) is 2.92. The molecule has 0 amide bonds. The maximum Gasteiger partial charge on any atom is 0.122 e. The Morgan fingerprint density at radius 2 is 2.14 bits per heavy atom. The van der Waals surface area contributed by atoms with Gasteiger partial charge in [0.1, 0.15) is 5.75 Å². The summed E-state index contributed by atoms with van der Waals surface area (Å²) in [7, 11) is 1.76. The van der Waals surface area contributed by atoms with Crippen molar-refractivity contribution < 1.29 is 9.47 Å². The van der Waals surface area contributed by atoms with Crippen molar-refractivity contribution in [3.05, 3.63) is 29.3 Å². The van der Waals surface area contributed by atoms with Gasteiger partial charge >= 0.3 is 0 Å². The fourth-order valence-corrected chi connectivity index (χ4v) is 2.92. The van der Waals surface area contributed by atoms with Crippen LogP contribution in [0, 0.1) is 0 Å². The van der Waals surface area contributed by atoms with Crippen molar-refractivity contribution in [1.82, 2.24) is 5.32 Å². The highest BCUT2D eigenvalue weighted by atomic mass is 16.5. The number of nitrogens with one attached hydrogen (secondary N) is 1. The zero-order chi connectivity index (χ0) is 15.3. The van der Waals surface area contributed by atoms with Gasteiger partial charge in [0.25, 0.3) is 0 Å². The Balaban J connectivity index is 2.06. The minimum absolute atomic E-state index is 0.124. The molecule has 1 N–H and O–H groups in total. The molecule has 1 aromatic rings. The van der Waals surface area contributed by atoms with E-state index in [1.807, 2.05) is 0 Å². The van der Waals surface area contributed by atoms with E-state index in [0.717, 1.165) is 25.1 Å². The highest BCUT2D eigenvalue weighted by Crippen LogP contribution is 2.35. The highest BCUT2D eigenvalue weighted by Gasteiger charge is 2.22. The Labute approximate surface area is 129 Å². The molecule has 0 fully saturated rings. The van der Waals surface area contributed by atoms with Crippen LogP contribution in [0.3, 0.4) is 0 Å². The summed E-state index contributed by atoms with van der Waals surface area (Å²) in [6, 6.07) is 6.95. The van der Waals surface area contributed by atoms with E-state index in [2.05, 4.69) is 44.3 Å². The van der Waals surface area contributed by atoms with Crippen LogP contribution in [0.25, 0.3) is 0 Å². The molecule has 0 radical (unpaired) electrons. The van der Waals surface area contributed by atoms with E-state index < -0.39 is 0 Å². The molecule has 1 unspecified atom stereocenters. The van der Waals surface area contributed by atoms with E-state index in [4.69, 9.17) is 9.47 Å². The normalized spacial score (nSPS) is 18.4. The number of rotatable bonds is 7. The van der Waals surface area contributed by atoms with Crippen molar-refractivity contribution in [3.8, 4) is 5.75 Å². The first kappa shape index (κ1) is 16.3. The molecule has 0 saturated heterocycles. The minimum atomic E-state index is -0.124. The van der Waals surface area contributed by atoms with E-state index in [1.165, 1.54) is 24.0 Å². The van der Waals surface area contributed by atoms with Crippen molar-refractivity contribution in [2.24, 2.45) is 0 Å². The molecule has 1 aromatic carbocycles. The fraction of sp³-hybridized carbons (Fsp3) is 0.667. The molecule has 0 aliphatic heterocycles. The number of methoxy groups -OCH3 is 1. The van der Waals surface area contributed by atoms with Crippen molar-refractivity contribution in [2.45, 2.75) is 58.1 Å². The third-order valence-electron chi connectivity index (χ3n) is 4.43. The quantitative estimate of drug-likeness (QED) is 0.827. The lowest BCUT2D eigenvalue weighted by Crippen LogP contribution is -2.26. The molecule has 2 rings (SSSR count). The SMILES string of the molecule is CCNC1CCCc2c(OCCC(C)(C)OC)cccc21. The second-order valence-corrected chi connectivity index (χ2v) is 6.39. The molecule has 21 heavy (non-hydrogen) atoms. The summed E-state index contributed by atoms with van der Waals surface area (Å²) in [6.07, 6.45) is 4.47. The van der Waals surface area contributed by atoms with Gasteiger partial charge < -0.3 is 14.8 Å². The summed E-state index contributed by atoms with van der Waals surface area (Å²) in [5, 5.41) is 3.58. The van der Waals surface area contributed by atoms with Crippen LogP contribution >= 0.6 is 0 Å². The van der Waals surface area contributed by atoms with Crippen molar-refractivity contribution in [2.75, 3.05) is 20.3 Å². The van der Waals surface area contributed by atoms with Crippen LogP contribution in [0.4, 0.5) is 0 Å². The smallest absolute Gasteiger partial charge is 0.122 e. The van der Waals surface area contributed by atoms with Crippen molar-refractivity contribution >= 4 is 0 Å². The van der Waals surface area contributed by atoms with E-state index in [1.54, 1.807) is 7.11 Å². The zero-order valence-corrected chi connectivity index (χ0v) is 13.9. The lowest BCUT2D eigenvalue weighted by molar-refractivity contribution is 0.00535. The maximum absolute atomic E-state index is 6.06. The summed E-state index contributed by atoms with van der Waals surface area (Å²) < 4.78 is 11.5. The Bertz CT molecular complexity index is 457. The van der Waals surface area contributed by atoms with Crippen molar-refractivity contribution in [3.63, 3.8) is 0 Å². The van der Waals surface area contributed by atoms with Crippen LogP contribution in [-0.4, -0.2) is 25.9 Å². The summed E-state index contributed by atoms with van der Waals surface area (Å²) in [4.78, 5) is 0. The van der Waals surface area contributed by atoms with Gasteiger partial charge in [-0.3, -0.25) is 0 Å². The van der Waals surface area contributed by atoms with Gasteiger partial charge in [0.15, 0.2) is 0 Å². The van der Waals surface area contributed by atoms with Crippen LogP contribution in [-0.2, 0) is 11.2 Å². The maximum atomic E-state index is 6.06. The van der Waals surface area contributed by atoms with E-state index in [0.29, 0.717) is 12.6 Å². The first-order valence-electron chi connectivity index (χ1n) is 8.10. The number of benzene rings is 1. The van der Waals surface area contributed by atoms with Gasteiger partial charge in [-0.25, -0.2) is 0 Å². The van der Waals surface area contributed by atoms with Crippen LogP contribution in [0.15, 0.2) is 18.2 Å². The number of hydrogen-bond acceptors (Lipinski definition) is 3. The van der Waals surface area contributed by atoms with Crippen LogP contribution in [0.1, 0.15) is 57.2 Å². The van der Waals surface area contributed by atoms with E-state index in [-0.39, 0.29) is 5.60 Å². The molecule has 0 heterocycles. The molecule has 1 aliphatic rings. The third kappa shape index (κ3) is 4.21. The molecule has 1 aliphatic carbocycles. The van der Waals surface area contributed by atoms with Crippen LogP contribution < -0.4 is 10.1 Å². The number of ether oxygens (including phenoxy) is 2. The molecule has 3 nitrogen and oxygen atoms in total. The number of fused-ring (bicyclic) bond motifs is 1. The number of hydrogen-bond donors (Lipinski definition) is 1. The summed E-state index contributed by atoms with van der Waals surface area (Å²) in [6.45, 7) is 8.07. The molecule has 118 valence electrons. The average Bonchev–Trinajstić information content (AvgIpc) is 2.48. The Morgan fingerprint density at radius 1 is 1.33 bits per heavy atom.